The smallest absolute Gasteiger partial charge is 0.251 e. The molecule has 5 nitrogen and oxygen atoms in total. The summed E-state index contributed by atoms with van der Waals surface area (Å²) in [4.78, 5) is 12.0. The monoisotopic (exact) mass is 326 g/mol. The molecule has 0 bridgehead atoms. The predicted molar refractivity (Wildman–Crippen MR) is 94.9 cm³/mol. The van der Waals surface area contributed by atoms with Crippen molar-refractivity contribution in [3.8, 4) is 0 Å². The molecule has 1 aliphatic rings. The molecule has 0 aliphatic heterocycles. The molecule has 128 valence electrons. The van der Waals surface area contributed by atoms with E-state index in [1.54, 1.807) is 0 Å². The summed E-state index contributed by atoms with van der Waals surface area (Å²) < 4.78 is 2.00. The normalized spacial score (nSPS) is 16.6. The van der Waals surface area contributed by atoms with Gasteiger partial charge in [-0.05, 0) is 56.9 Å². The van der Waals surface area contributed by atoms with E-state index in [0.29, 0.717) is 12.1 Å². The Morgan fingerprint density at radius 3 is 2.58 bits per heavy atom. The maximum absolute atomic E-state index is 12.0. The van der Waals surface area contributed by atoms with Gasteiger partial charge >= 0.3 is 0 Å². The van der Waals surface area contributed by atoms with Gasteiger partial charge in [0.2, 0.25) is 0 Å². The minimum atomic E-state index is 0.0352. The zero-order chi connectivity index (χ0) is 17.1. The summed E-state index contributed by atoms with van der Waals surface area (Å²) in [6.45, 7) is 7.15. The summed E-state index contributed by atoms with van der Waals surface area (Å²) in [5, 5.41) is 10.9. The maximum Gasteiger partial charge on any atom is 0.251 e. The molecule has 1 saturated carbocycles. The van der Waals surface area contributed by atoms with Gasteiger partial charge in [0.1, 0.15) is 0 Å². The molecule has 1 amide bonds. The zero-order valence-electron chi connectivity index (χ0n) is 14.6. The third-order valence-corrected chi connectivity index (χ3v) is 4.63. The minimum absolute atomic E-state index is 0.0352. The van der Waals surface area contributed by atoms with Gasteiger partial charge in [-0.3, -0.25) is 9.48 Å². The first kappa shape index (κ1) is 16.7. The Morgan fingerprint density at radius 1 is 1.29 bits per heavy atom. The van der Waals surface area contributed by atoms with Crippen LogP contribution in [0.25, 0.3) is 0 Å². The fraction of sp³-hybridized carbons (Fsp3) is 0.474. The van der Waals surface area contributed by atoms with E-state index in [-0.39, 0.29) is 11.9 Å². The first-order valence-electron chi connectivity index (χ1n) is 8.67. The van der Waals surface area contributed by atoms with Crippen molar-refractivity contribution >= 4 is 5.91 Å². The number of hydrogen-bond acceptors (Lipinski definition) is 3. The number of nitrogens with one attached hydrogen (secondary N) is 2. The Kier molecular flexibility index (Phi) is 5.00. The Hall–Kier alpha value is -2.14. The summed E-state index contributed by atoms with van der Waals surface area (Å²) in [5.41, 5.74) is 3.09. The van der Waals surface area contributed by atoms with Crippen molar-refractivity contribution in [3.05, 3.63) is 53.3 Å². The molecular weight excluding hydrogens is 300 g/mol. The van der Waals surface area contributed by atoms with Gasteiger partial charge in [-0.2, -0.15) is 5.10 Å². The lowest BCUT2D eigenvalue weighted by Gasteiger charge is -2.22. The Morgan fingerprint density at radius 2 is 2.00 bits per heavy atom. The van der Waals surface area contributed by atoms with Gasteiger partial charge < -0.3 is 10.6 Å². The van der Waals surface area contributed by atoms with Gasteiger partial charge in [-0.15, -0.1) is 0 Å². The SMILES string of the molecule is Cc1cnn([C@@H](C)[C@@H](C)NCc2ccc(C(=O)NC3CC3)cc2)c1. The highest BCUT2D eigenvalue weighted by Gasteiger charge is 2.23. The van der Waals surface area contributed by atoms with Crippen molar-refractivity contribution < 1.29 is 4.79 Å². The van der Waals surface area contributed by atoms with E-state index in [4.69, 9.17) is 0 Å². The molecule has 1 aliphatic carbocycles. The predicted octanol–water partition coefficient (Wildman–Crippen LogP) is 2.82. The van der Waals surface area contributed by atoms with Crippen LogP contribution in [0.5, 0.6) is 0 Å². The average Bonchev–Trinajstić information content (AvgIpc) is 3.30. The first-order valence-corrected chi connectivity index (χ1v) is 8.67. The average molecular weight is 326 g/mol. The molecular formula is C19H26N4O. The lowest BCUT2D eigenvalue weighted by atomic mass is 10.1. The summed E-state index contributed by atoms with van der Waals surface area (Å²) in [6, 6.07) is 8.81. The molecule has 5 heteroatoms. The highest BCUT2D eigenvalue weighted by atomic mass is 16.1. The van der Waals surface area contributed by atoms with Gasteiger partial charge in [0, 0.05) is 30.4 Å². The van der Waals surface area contributed by atoms with E-state index in [1.165, 1.54) is 11.1 Å². The van der Waals surface area contributed by atoms with E-state index >= 15 is 0 Å². The molecule has 0 radical (unpaired) electrons. The Bertz CT molecular complexity index is 688. The van der Waals surface area contributed by atoms with Gasteiger partial charge in [-0.1, -0.05) is 12.1 Å². The number of carbonyl (C=O) groups excluding carboxylic acids is 1. The molecule has 24 heavy (non-hydrogen) atoms. The van der Waals surface area contributed by atoms with Crippen LogP contribution in [0.4, 0.5) is 0 Å². The number of nitrogens with zero attached hydrogens (tertiary/aromatic N) is 2. The summed E-state index contributed by atoms with van der Waals surface area (Å²) in [7, 11) is 0. The standard InChI is InChI=1S/C19H26N4O/c1-13-10-21-23(12-13)15(3)14(2)20-11-16-4-6-17(7-5-16)19(24)22-18-8-9-18/h4-7,10,12,14-15,18,20H,8-9,11H2,1-3H3,(H,22,24)/t14-,15+/m1/s1. The highest BCUT2D eigenvalue weighted by molar-refractivity contribution is 5.94. The van der Waals surface area contributed by atoms with Crippen LogP contribution in [-0.4, -0.2) is 27.8 Å². The number of hydrogen-bond donors (Lipinski definition) is 2. The van der Waals surface area contributed by atoms with Crippen molar-refractivity contribution in [2.45, 2.75) is 58.3 Å². The van der Waals surface area contributed by atoms with Gasteiger partial charge in [0.15, 0.2) is 0 Å². The van der Waals surface area contributed by atoms with Gasteiger partial charge in [0.05, 0.1) is 12.2 Å². The largest absolute Gasteiger partial charge is 0.349 e. The lowest BCUT2D eigenvalue weighted by Crippen LogP contribution is -2.33. The second-order valence-electron chi connectivity index (χ2n) is 6.85. The number of carbonyl (C=O) groups is 1. The highest BCUT2D eigenvalue weighted by Crippen LogP contribution is 2.19. The van der Waals surface area contributed by atoms with Crippen LogP contribution in [0.1, 0.15) is 54.2 Å². The first-order chi connectivity index (χ1) is 11.5. The van der Waals surface area contributed by atoms with Crippen molar-refractivity contribution in [1.82, 2.24) is 20.4 Å². The minimum Gasteiger partial charge on any atom is -0.349 e. The van der Waals surface area contributed by atoms with Crippen LogP contribution in [0.15, 0.2) is 36.7 Å². The molecule has 0 unspecified atom stereocenters. The molecule has 0 spiro atoms. The third-order valence-electron chi connectivity index (χ3n) is 4.63. The number of aryl methyl sites for hydroxylation is 1. The number of aromatic nitrogens is 2. The second-order valence-corrected chi connectivity index (χ2v) is 6.85. The molecule has 1 aromatic carbocycles. The molecule has 3 rings (SSSR count). The number of amides is 1. The molecule has 1 fully saturated rings. The van der Waals surface area contributed by atoms with Crippen molar-refractivity contribution in [2.24, 2.45) is 0 Å². The van der Waals surface area contributed by atoms with Crippen molar-refractivity contribution in [2.75, 3.05) is 0 Å². The number of benzene rings is 1. The Labute approximate surface area is 143 Å². The number of rotatable bonds is 7. The summed E-state index contributed by atoms with van der Waals surface area (Å²) >= 11 is 0. The van der Waals surface area contributed by atoms with Crippen molar-refractivity contribution in [3.63, 3.8) is 0 Å². The van der Waals surface area contributed by atoms with Crippen LogP contribution >= 0.6 is 0 Å². The molecule has 2 N–H and O–H groups in total. The quantitative estimate of drug-likeness (QED) is 0.822. The molecule has 2 atom stereocenters. The third kappa shape index (κ3) is 4.23. The van der Waals surface area contributed by atoms with Crippen LogP contribution in [0, 0.1) is 6.92 Å². The summed E-state index contributed by atoms with van der Waals surface area (Å²) in [5.74, 6) is 0.0352. The fourth-order valence-electron chi connectivity index (χ4n) is 2.60. The molecule has 2 aromatic rings. The van der Waals surface area contributed by atoms with Crippen LogP contribution in [0.2, 0.25) is 0 Å². The van der Waals surface area contributed by atoms with E-state index in [0.717, 1.165) is 24.9 Å². The second kappa shape index (κ2) is 7.18. The topological polar surface area (TPSA) is 59.0 Å². The molecule has 1 heterocycles. The van der Waals surface area contributed by atoms with Gasteiger partial charge in [0.25, 0.3) is 5.91 Å². The Balaban J connectivity index is 1.51. The maximum atomic E-state index is 12.0. The van der Waals surface area contributed by atoms with E-state index in [9.17, 15) is 4.79 Å². The molecule has 0 saturated heterocycles. The van der Waals surface area contributed by atoms with Gasteiger partial charge in [-0.25, -0.2) is 0 Å². The fourth-order valence-corrected chi connectivity index (χ4v) is 2.60. The van der Waals surface area contributed by atoms with Crippen molar-refractivity contribution in [1.29, 1.82) is 0 Å². The molecule has 1 aromatic heterocycles. The van der Waals surface area contributed by atoms with Crippen LogP contribution in [-0.2, 0) is 6.54 Å². The van der Waals surface area contributed by atoms with E-state index in [1.807, 2.05) is 35.1 Å². The van der Waals surface area contributed by atoms with Crippen LogP contribution in [0.3, 0.4) is 0 Å². The van der Waals surface area contributed by atoms with Crippen LogP contribution < -0.4 is 10.6 Å². The lowest BCUT2D eigenvalue weighted by molar-refractivity contribution is 0.0951. The van der Waals surface area contributed by atoms with E-state index in [2.05, 4.69) is 42.7 Å². The summed E-state index contributed by atoms with van der Waals surface area (Å²) in [6.07, 6.45) is 6.17. The zero-order valence-corrected chi connectivity index (χ0v) is 14.6. The van der Waals surface area contributed by atoms with E-state index < -0.39 is 0 Å².